The van der Waals surface area contributed by atoms with Gasteiger partial charge >= 0.3 is 0 Å². The van der Waals surface area contributed by atoms with Gasteiger partial charge in [-0.1, -0.05) is 0 Å². The van der Waals surface area contributed by atoms with Crippen LogP contribution in [0.4, 0.5) is 5.82 Å². The second-order valence-electron chi connectivity index (χ2n) is 3.56. The lowest BCUT2D eigenvalue weighted by Crippen LogP contribution is -2.09. The molecule has 0 atom stereocenters. The molecule has 2 N–H and O–H groups in total. The Kier molecular flexibility index (Phi) is 3.35. The molecule has 2 aromatic rings. The number of fused-ring (bicyclic) bond motifs is 1. The highest BCUT2D eigenvalue weighted by molar-refractivity contribution is 6.28. The summed E-state index contributed by atoms with van der Waals surface area (Å²) < 4.78 is 0. The van der Waals surface area contributed by atoms with Gasteiger partial charge in [0, 0.05) is 6.54 Å². The molecule has 2 heterocycles. The van der Waals surface area contributed by atoms with Crippen LogP contribution in [0.15, 0.2) is 0 Å². The number of hydrogen-bond acceptors (Lipinski definition) is 6. The first-order valence-electron chi connectivity index (χ1n) is 5.15. The molecule has 0 saturated carbocycles. The highest BCUT2D eigenvalue weighted by Gasteiger charge is 2.10. The van der Waals surface area contributed by atoms with Crippen LogP contribution in [0, 0.1) is 13.8 Å². The van der Waals surface area contributed by atoms with Crippen LogP contribution in [0.5, 0.6) is 0 Å². The molecule has 2 rings (SSSR count). The van der Waals surface area contributed by atoms with E-state index in [-0.39, 0.29) is 11.9 Å². The molecule has 0 aliphatic rings. The SMILES string of the molecule is Cc1nc2nc(Cl)nc(NCCO)c2nc1C. The number of hydrogen-bond donors (Lipinski definition) is 2. The van der Waals surface area contributed by atoms with Gasteiger partial charge in [-0.25, -0.2) is 9.97 Å². The van der Waals surface area contributed by atoms with E-state index in [1.807, 2.05) is 13.8 Å². The maximum Gasteiger partial charge on any atom is 0.226 e. The second kappa shape index (κ2) is 4.77. The Hall–Kier alpha value is -1.53. The van der Waals surface area contributed by atoms with Gasteiger partial charge < -0.3 is 10.4 Å². The number of aryl methyl sites for hydroxylation is 2. The van der Waals surface area contributed by atoms with E-state index >= 15 is 0 Å². The Morgan fingerprint density at radius 1 is 1.12 bits per heavy atom. The average molecular weight is 254 g/mol. The number of anilines is 1. The van der Waals surface area contributed by atoms with Gasteiger partial charge in [-0.05, 0) is 25.4 Å². The van der Waals surface area contributed by atoms with Crippen molar-refractivity contribution in [1.29, 1.82) is 0 Å². The van der Waals surface area contributed by atoms with Gasteiger partial charge in [-0.3, -0.25) is 0 Å². The predicted octanol–water partition coefficient (Wildman–Crippen LogP) is 1.09. The minimum Gasteiger partial charge on any atom is -0.395 e. The fourth-order valence-electron chi connectivity index (χ4n) is 1.38. The van der Waals surface area contributed by atoms with Gasteiger partial charge in [-0.15, -0.1) is 0 Å². The van der Waals surface area contributed by atoms with Crippen molar-refractivity contribution in [3.05, 3.63) is 16.7 Å². The summed E-state index contributed by atoms with van der Waals surface area (Å²) in [4.78, 5) is 16.7. The molecule has 0 saturated heterocycles. The third-order valence-electron chi connectivity index (χ3n) is 2.32. The standard InChI is InChI=1S/C10H12ClN5O/c1-5-6(2)14-9-7(13-5)8(12-3-4-17)15-10(11)16-9/h17H,3-4H2,1-2H3,(H,12,14,15,16). The summed E-state index contributed by atoms with van der Waals surface area (Å²) in [6.07, 6.45) is 0. The molecule has 0 aromatic carbocycles. The van der Waals surface area contributed by atoms with Crippen molar-refractivity contribution in [1.82, 2.24) is 19.9 Å². The molecule has 90 valence electrons. The highest BCUT2D eigenvalue weighted by atomic mass is 35.5. The van der Waals surface area contributed by atoms with Crippen molar-refractivity contribution in [2.75, 3.05) is 18.5 Å². The monoisotopic (exact) mass is 253 g/mol. The molecule has 0 bridgehead atoms. The van der Waals surface area contributed by atoms with Crippen molar-refractivity contribution in [2.24, 2.45) is 0 Å². The van der Waals surface area contributed by atoms with Crippen LogP contribution < -0.4 is 5.32 Å². The van der Waals surface area contributed by atoms with Crippen molar-refractivity contribution in [3.8, 4) is 0 Å². The third-order valence-corrected chi connectivity index (χ3v) is 2.49. The molecule has 0 aliphatic heterocycles. The molecule has 0 aliphatic carbocycles. The lowest BCUT2D eigenvalue weighted by molar-refractivity contribution is 0.311. The number of aliphatic hydroxyl groups excluding tert-OH is 1. The normalized spacial score (nSPS) is 10.8. The van der Waals surface area contributed by atoms with Gasteiger partial charge in [0.2, 0.25) is 5.28 Å². The van der Waals surface area contributed by atoms with Gasteiger partial charge in [-0.2, -0.15) is 9.97 Å². The second-order valence-corrected chi connectivity index (χ2v) is 3.90. The Bertz CT molecular complexity index is 560. The van der Waals surface area contributed by atoms with Crippen LogP contribution in [-0.4, -0.2) is 38.2 Å². The van der Waals surface area contributed by atoms with Crippen LogP contribution in [0.3, 0.4) is 0 Å². The van der Waals surface area contributed by atoms with Crippen molar-refractivity contribution in [3.63, 3.8) is 0 Å². The summed E-state index contributed by atoms with van der Waals surface area (Å²) in [5, 5.41) is 11.8. The van der Waals surface area contributed by atoms with Crippen LogP contribution in [0.25, 0.3) is 11.2 Å². The van der Waals surface area contributed by atoms with Crippen LogP contribution in [0.1, 0.15) is 11.4 Å². The molecule has 0 radical (unpaired) electrons. The van der Waals surface area contributed by atoms with Crippen LogP contribution >= 0.6 is 11.6 Å². The number of rotatable bonds is 3. The van der Waals surface area contributed by atoms with Gasteiger partial charge in [0.05, 0.1) is 18.0 Å². The zero-order valence-electron chi connectivity index (χ0n) is 9.53. The Balaban J connectivity index is 2.61. The molecule has 0 fully saturated rings. The van der Waals surface area contributed by atoms with Gasteiger partial charge in [0.1, 0.15) is 0 Å². The fraction of sp³-hybridized carbons (Fsp3) is 0.400. The largest absolute Gasteiger partial charge is 0.395 e. The molecular weight excluding hydrogens is 242 g/mol. The quantitative estimate of drug-likeness (QED) is 0.797. The van der Waals surface area contributed by atoms with Crippen molar-refractivity contribution in [2.45, 2.75) is 13.8 Å². The van der Waals surface area contributed by atoms with E-state index in [2.05, 4.69) is 25.3 Å². The van der Waals surface area contributed by atoms with Crippen molar-refractivity contribution >= 4 is 28.6 Å². The molecule has 17 heavy (non-hydrogen) atoms. The van der Waals surface area contributed by atoms with E-state index in [0.717, 1.165) is 11.4 Å². The van der Waals surface area contributed by atoms with Gasteiger partial charge in [0.25, 0.3) is 0 Å². The Labute approximate surface area is 103 Å². The molecule has 7 heteroatoms. The van der Waals surface area contributed by atoms with E-state index in [9.17, 15) is 0 Å². The minimum atomic E-state index is 0.00138. The smallest absolute Gasteiger partial charge is 0.226 e. The lowest BCUT2D eigenvalue weighted by Gasteiger charge is -2.08. The van der Waals surface area contributed by atoms with Crippen LogP contribution in [0.2, 0.25) is 5.28 Å². The zero-order valence-corrected chi connectivity index (χ0v) is 10.3. The summed E-state index contributed by atoms with van der Waals surface area (Å²) in [7, 11) is 0. The summed E-state index contributed by atoms with van der Waals surface area (Å²) in [5.74, 6) is 0.490. The summed E-state index contributed by atoms with van der Waals surface area (Å²) in [6, 6.07) is 0. The number of aromatic nitrogens is 4. The van der Waals surface area contributed by atoms with E-state index in [1.54, 1.807) is 0 Å². The number of halogens is 1. The van der Waals surface area contributed by atoms with Crippen molar-refractivity contribution < 1.29 is 5.11 Å². The van der Waals surface area contributed by atoms with E-state index in [1.165, 1.54) is 0 Å². The first kappa shape index (κ1) is 11.9. The zero-order chi connectivity index (χ0) is 12.4. The topological polar surface area (TPSA) is 83.8 Å². The van der Waals surface area contributed by atoms with Gasteiger partial charge in [0.15, 0.2) is 17.0 Å². The summed E-state index contributed by atoms with van der Waals surface area (Å²) in [6.45, 7) is 4.10. The minimum absolute atomic E-state index is 0.00138. The molecular formula is C10H12ClN5O. The molecule has 0 spiro atoms. The van der Waals surface area contributed by atoms with Crippen LogP contribution in [-0.2, 0) is 0 Å². The molecule has 0 unspecified atom stereocenters. The third kappa shape index (κ3) is 2.42. The highest BCUT2D eigenvalue weighted by Crippen LogP contribution is 2.19. The Morgan fingerprint density at radius 3 is 2.53 bits per heavy atom. The fourth-order valence-corrected chi connectivity index (χ4v) is 1.55. The average Bonchev–Trinajstić information content (AvgIpc) is 2.28. The number of aliphatic hydroxyl groups is 1. The maximum atomic E-state index is 8.79. The van der Waals surface area contributed by atoms with E-state index < -0.39 is 0 Å². The lowest BCUT2D eigenvalue weighted by atomic mass is 10.3. The summed E-state index contributed by atoms with van der Waals surface area (Å²) >= 11 is 5.80. The molecule has 2 aromatic heterocycles. The summed E-state index contributed by atoms with van der Waals surface area (Å²) in [5.41, 5.74) is 2.63. The first-order chi connectivity index (χ1) is 8.11. The number of nitrogens with zero attached hydrogens (tertiary/aromatic N) is 4. The van der Waals surface area contributed by atoms with E-state index in [0.29, 0.717) is 23.5 Å². The molecule has 6 nitrogen and oxygen atoms in total. The Morgan fingerprint density at radius 2 is 1.82 bits per heavy atom. The predicted molar refractivity (Wildman–Crippen MR) is 65.2 cm³/mol. The first-order valence-corrected chi connectivity index (χ1v) is 5.53. The number of nitrogens with one attached hydrogen (secondary N) is 1. The maximum absolute atomic E-state index is 8.79. The van der Waals surface area contributed by atoms with E-state index in [4.69, 9.17) is 16.7 Å². The molecule has 0 amide bonds.